The molecule has 88 heavy (non-hydrogen) atoms. The zero-order valence-corrected chi connectivity index (χ0v) is 49.1. The van der Waals surface area contributed by atoms with E-state index in [1.54, 1.807) is 0 Å². The lowest BCUT2D eigenvalue weighted by Crippen LogP contribution is -2.00. The molecule has 10 aromatic carbocycles. The molecule has 0 bridgehead atoms. The molecule has 0 amide bonds. The summed E-state index contributed by atoms with van der Waals surface area (Å²) in [5.41, 5.74) is 25.8. The standard InChI is InChI=1S/C78H52N10/c1-45-14-21-61(48(4)28-45)53-18-27-73-69(32-53)70-35-67(62-22-15-46(2)29-49(62)5)68(36-76(70)87(73)71-25-19-56(30-58(71)39-81)77-83-41-51(37-79)42-84-77)64-13-9-12-63(50(64)6)55-17-24-66-65-23-16-54(60-11-8-7-10-47(60)3)33-74(65)88(75(66)34-55)72-26-20-57(31-59(72)40-82)78-85-43-52(38-80)44-86-78/h7-36,41-44H,1-6H3. The first-order chi connectivity index (χ1) is 42.9. The lowest BCUT2D eigenvalue weighted by molar-refractivity contribution is 1.14. The van der Waals surface area contributed by atoms with Crippen LogP contribution in [0.15, 0.2) is 207 Å². The van der Waals surface area contributed by atoms with Crippen LogP contribution in [0.3, 0.4) is 0 Å². The van der Waals surface area contributed by atoms with E-state index < -0.39 is 0 Å². The van der Waals surface area contributed by atoms with E-state index in [0.717, 1.165) is 116 Å². The van der Waals surface area contributed by atoms with Gasteiger partial charge >= 0.3 is 0 Å². The fraction of sp³-hybridized carbons (Fsp3) is 0.0769. The molecule has 4 aromatic heterocycles. The molecule has 0 aliphatic heterocycles. The summed E-state index contributed by atoms with van der Waals surface area (Å²) in [5.74, 6) is 0.841. The van der Waals surface area contributed by atoms with Crippen LogP contribution in [0, 0.1) is 86.9 Å². The van der Waals surface area contributed by atoms with E-state index in [1.165, 1.54) is 41.5 Å². The van der Waals surface area contributed by atoms with Gasteiger partial charge in [0, 0.05) is 57.5 Å². The summed E-state index contributed by atoms with van der Waals surface area (Å²) in [4.78, 5) is 17.9. The van der Waals surface area contributed by atoms with Crippen LogP contribution in [0.25, 0.3) is 133 Å². The third-order valence-corrected chi connectivity index (χ3v) is 17.2. The van der Waals surface area contributed by atoms with Crippen molar-refractivity contribution in [2.75, 3.05) is 0 Å². The van der Waals surface area contributed by atoms with Crippen LogP contribution in [0.5, 0.6) is 0 Å². The van der Waals surface area contributed by atoms with Gasteiger partial charge in [-0.15, -0.1) is 0 Å². The molecule has 0 radical (unpaired) electrons. The van der Waals surface area contributed by atoms with E-state index in [9.17, 15) is 21.0 Å². The Kier molecular flexibility index (Phi) is 13.2. The minimum atomic E-state index is 0.354. The fourth-order valence-corrected chi connectivity index (χ4v) is 12.9. The predicted molar refractivity (Wildman–Crippen MR) is 352 cm³/mol. The molecule has 414 valence electrons. The van der Waals surface area contributed by atoms with Gasteiger partial charge in [0.15, 0.2) is 11.6 Å². The van der Waals surface area contributed by atoms with Crippen LogP contribution >= 0.6 is 0 Å². The maximum absolute atomic E-state index is 11.1. The molecule has 0 atom stereocenters. The lowest BCUT2D eigenvalue weighted by Gasteiger charge is -2.19. The highest BCUT2D eigenvalue weighted by Crippen LogP contribution is 2.47. The van der Waals surface area contributed by atoms with Crippen molar-refractivity contribution in [3.8, 4) is 114 Å². The smallest absolute Gasteiger partial charge is 0.159 e. The highest BCUT2D eigenvalue weighted by atomic mass is 15.0. The van der Waals surface area contributed by atoms with Gasteiger partial charge in [-0.05, 0) is 192 Å². The van der Waals surface area contributed by atoms with Crippen LogP contribution in [0.1, 0.15) is 55.6 Å². The van der Waals surface area contributed by atoms with Gasteiger partial charge in [-0.3, -0.25) is 0 Å². The molecule has 0 N–H and O–H groups in total. The average Bonchev–Trinajstić information content (AvgIpc) is 2.36. The number of benzene rings is 10. The zero-order valence-electron chi connectivity index (χ0n) is 49.1. The molecule has 0 aliphatic rings. The lowest BCUT2D eigenvalue weighted by atomic mass is 9.86. The van der Waals surface area contributed by atoms with Gasteiger partial charge in [-0.25, -0.2) is 19.9 Å². The number of nitriles is 4. The van der Waals surface area contributed by atoms with Crippen molar-refractivity contribution in [3.05, 3.63) is 262 Å². The van der Waals surface area contributed by atoms with Crippen molar-refractivity contribution in [3.63, 3.8) is 0 Å². The normalized spacial score (nSPS) is 11.2. The van der Waals surface area contributed by atoms with Crippen molar-refractivity contribution in [2.45, 2.75) is 41.5 Å². The first-order valence-electron chi connectivity index (χ1n) is 29.0. The van der Waals surface area contributed by atoms with Gasteiger partial charge in [0.2, 0.25) is 0 Å². The number of fused-ring (bicyclic) bond motifs is 6. The van der Waals surface area contributed by atoms with Crippen molar-refractivity contribution >= 4 is 43.6 Å². The summed E-state index contributed by atoms with van der Waals surface area (Å²) in [5, 5.41) is 45.2. The van der Waals surface area contributed by atoms with E-state index in [-0.39, 0.29) is 0 Å². The van der Waals surface area contributed by atoms with Gasteiger partial charge in [0.1, 0.15) is 24.3 Å². The summed E-state index contributed by atoms with van der Waals surface area (Å²) < 4.78 is 4.44. The summed E-state index contributed by atoms with van der Waals surface area (Å²) in [6, 6.07) is 73.5. The molecule has 10 heteroatoms. The SMILES string of the molecule is Cc1ccc(-c2ccc3c(c2)c2cc(-c4ccc(C)cc4C)c(-c4cccc(-c5ccc6c7ccc(-c8ccccc8C)cc7n(-c7ccc(-c8ncc(C#N)cn8)cc7C#N)c6c5)c4C)cc2n3-c2ccc(-c3ncc(C#N)cn3)cc2C#N)c(C)c1. The first kappa shape index (κ1) is 53.9. The minimum absolute atomic E-state index is 0.354. The largest absolute Gasteiger partial charge is 0.308 e. The van der Waals surface area contributed by atoms with Gasteiger partial charge in [-0.2, -0.15) is 21.0 Å². The molecule has 0 saturated heterocycles. The summed E-state index contributed by atoms with van der Waals surface area (Å²) >= 11 is 0. The maximum Gasteiger partial charge on any atom is 0.159 e. The van der Waals surface area contributed by atoms with Crippen LogP contribution in [-0.2, 0) is 0 Å². The Morgan fingerprint density at radius 1 is 0.307 bits per heavy atom. The first-order valence-corrected chi connectivity index (χ1v) is 29.0. The summed E-state index contributed by atoms with van der Waals surface area (Å²) in [6.07, 6.45) is 5.98. The second-order valence-corrected chi connectivity index (χ2v) is 22.7. The Bertz CT molecular complexity index is 5440. The summed E-state index contributed by atoms with van der Waals surface area (Å²) in [6.45, 7) is 12.9. The predicted octanol–water partition coefficient (Wildman–Crippen LogP) is 18.5. The number of nitrogens with zero attached hydrogens (tertiary/aromatic N) is 10. The molecule has 0 aliphatic carbocycles. The van der Waals surface area contributed by atoms with E-state index >= 15 is 0 Å². The number of hydrogen-bond acceptors (Lipinski definition) is 8. The molecule has 0 fully saturated rings. The molecular weight excluding hydrogens is 1080 g/mol. The molecule has 4 heterocycles. The van der Waals surface area contributed by atoms with Crippen LogP contribution < -0.4 is 0 Å². The highest BCUT2D eigenvalue weighted by molar-refractivity contribution is 6.15. The molecule has 10 nitrogen and oxygen atoms in total. The van der Waals surface area contributed by atoms with Crippen LogP contribution in [0.4, 0.5) is 0 Å². The van der Waals surface area contributed by atoms with E-state index in [1.807, 2.05) is 36.4 Å². The third-order valence-electron chi connectivity index (χ3n) is 17.2. The zero-order chi connectivity index (χ0) is 60.5. The summed E-state index contributed by atoms with van der Waals surface area (Å²) in [7, 11) is 0. The molecular formula is C78H52N10. The second-order valence-electron chi connectivity index (χ2n) is 22.7. The number of aryl methyl sites for hydroxylation is 5. The monoisotopic (exact) mass is 1130 g/mol. The van der Waals surface area contributed by atoms with Gasteiger partial charge < -0.3 is 9.13 Å². The Hall–Kier alpha value is -12.1. The number of aromatic nitrogens is 6. The molecule has 0 saturated carbocycles. The van der Waals surface area contributed by atoms with Crippen molar-refractivity contribution in [1.82, 2.24) is 29.1 Å². The van der Waals surface area contributed by atoms with Gasteiger partial charge in [0.05, 0.1) is 55.7 Å². The van der Waals surface area contributed by atoms with Crippen LogP contribution in [0.2, 0.25) is 0 Å². The Balaban J connectivity index is 1.00. The second kappa shape index (κ2) is 21.5. The third kappa shape index (κ3) is 9.09. The van der Waals surface area contributed by atoms with Gasteiger partial charge in [-0.1, -0.05) is 120 Å². The average molecular weight is 1130 g/mol. The van der Waals surface area contributed by atoms with E-state index in [4.69, 9.17) is 0 Å². The molecule has 0 unspecified atom stereocenters. The topological polar surface area (TPSA) is 157 Å². The fourth-order valence-electron chi connectivity index (χ4n) is 12.9. The molecule has 0 spiro atoms. The number of hydrogen-bond donors (Lipinski definition) is 0. The molecule has 14 rings (SSSR count). The Morgan fingerprint density at radius 3 is 1.32 bits per heavy atom. The van der Waals surface area contributed by atoms with Crippen LogP contribution in [-0.4, -0.2) is 29.1 Å². The van der Waals surface area contributed by atoms with Crippen molar-refractivity contribution < 1.29 is 0 Å². The maximum atomic E-state index is 11.1. The van der Waals surface area contributed by atoms with E-state index in [0.29, 0.717) is 56.4 Å². The van der Waals surface area contributed by atoms with Crippen molar-refractivity contribution in [1.29, 1.82) is 21.0 Å². The minimum Gasteiger partial charge on any atom is -0.308 e. The Labute approximate surface area is 509 Å². The highest BCUT2D eigenvalue weighted by Gasteiger charge is 2.24. The molecule has 14 aromatic rings. The quantitative estimate of drug-likeness (QED) is 0.138. The van der Waals surface area contributed by atoms with Crippen molar-refractivity contribution in [2.24, 2.45) is 0 Å². The van der Waals surface area contributed by atoms with Gasteiger partial charge in [0.25, 0.3) is 0 Å². The Morgan fingerprint density at radius 2 is 0.761 bits per heavy atom. The number of rotatable bonds is 9. The van der Waals surface area contributed by atoms with E-state index in [2.05, 4.69) is 240 Å².